The molecule has 1 amide bonds. The summed E-state index contributed by atoms with van der Waals surface area (Å²) in [6.07, 6.45) is 0. The maximum absolute atomic E-state index is 12.0. The van der Waals surface area contributed by atoms with Gasteiger partial charge in [0, 0.05) is 12.8 Å². The average Bonchev–Trinajstić information content (AvgIpc) is 2.85. The molecule has 0 bridgehead atoms. The molecule has 0 saturated carbocycles. The Morgan fingerprint density at radius 3 is 2.59 bits per heavy atom. The molecule has 1 aromatic heterocycles. The molecule has 8 heteroatoms. The lowest BCUT2D eigenvalue weighted by molar-refractivity contribution is -0.117. The Balaban J connectivity index is 2.11. The summed E-state index contributed by atoms with van der Waals surface area (Å²) >= 11 is 0. The van der Waals surface area contributed by atoms with Gasteiger partial charge in [0.15, 0.2) is 5.69 Å². The topological polar surface area (TPSA) is 106 Å². The Morgan fingerprint density at radius 1 is 1.32 bits per heavy atom. The van der Waals surface area contributed by atoms with Gasteiger partial charge < -0.3 is 15.2 Å². The number of aryl methyl sites for hydroxylation is 1. The van der Waals surface area contributed by atoms with Crippen LogP contribution in [0.25, 0.3) is 0 Å². The van der Waals surface area contributed by atoms with Crippen molar-refractivity contribution in [3.63, 3.8) is 0 Å². The van der Waals surface area contributed by atoms with E-state index in [-0.39, 0.29) is 30.4 Å². The van der Waals surface area contributed by atoms with E-state index >= 15 is 0 Å². The van der Waals surface area contributed by atoms with Gasteiger partial charge in [0.05, 0.1) is 12.3 Å². The zero-order chi connectivity index (χ0) is 16.1. The summed E-state index contributed by atoms with van der Waals surface area (Å²) in [7, 11) is 1.43. The smallest absolute Gasteiger partial charge is 0.358 e. The van der Waals surface area contributed by atoms with Crippen molar-refractivity contribution in [1.29, 1.82) is 0 Å². The van der Waals surface area contributed by atoms with Crippen molar-refractivity contribution in [2.75, 3.05) is 12.4 Å². The Bertz CT molecular complexity index is 679. The minimum Gasteiger partial charge on any atom is -0.476 e. The van der Waals surface area contributed by atoms with Crippen molar-refractivity contribution < 1.29 is 19.4 Å². The zero-order valence-electron chi connectivity index (χ0n) is 12.2. The lowest BCUT2D eigenvalue weighted by Crippen LogP contribution is -2.21. The van der Waals surface area contributed by atoms with Crippen LogP contribution in [0.15, 0.2) is 24.3 Å². The quantitative estimate of drug-likeness (QED) is 0.826. The number of carboxylic acid groups (broad SMARTS) is 1. The summed E-state index contributed by atoms with van der Waals surface area (Å²) in [5.74, 6) is -1.54. The van der Waals surface area contributed by atoms with Gasteiger partial charge in [-0.25, -0.2) is 9.48 Å². The van der Waals surface area contributed by atoms with Crippen LogP contribution in [0, 0.1) is 6.92 Å². The molecule has 2 aromatic rings. The zero-order valence-corrected chi connectivity index (χ0v) is 12.2. The van der Waals surface area contributed by atoms with E-state index in [2.05, 4.69) is 15.6 Å². The van der Waals surface area contributed by atoms with Gasteiger partial charge in [0.25, 0.3) is 0 Å². The molecule has 0 aliphatic heterocycles. The number of benzene rings is 1. The third kappa shape index (κ3) is 3.67. The molecule has 0 fully saturated rings. The van der Waals surface area contributed by atoms with Gasteiger partial charge in [0.2, 0.25) is 5.91 Å². The number of methoxy groups -OCH3 is 1. The first-order valence-corrected chi connectivity index (χ1v) is 6.52. The fourth-order valence-electron chi connectivity index (χ4n) is 1.88. The highest BCUT2D eigenvalue weighted by atomic mass is 16.5. The number of nitrogens with zero attached hydrogens (tertiary/aromatic N) is 3. The Labute approximate surface area is 126 Å². The van der Waals surface area contributed by atoms with Crippen LogP contribution in [-0.4, -0.2) is 39.1 Å². The summed E-state index contributed by atoms with van der Waals surface area (Å²) < 4.78 is 6.15. The second-order valence-electron chi connectivity index (χ2n) is 4.69. The van der Waals surface area contributed by atoms with Crippen LogP contribution >= 0.6 is 0 Å². The van der Waals surface area contributed by atoms with Crippen molar-refractivity contribution >= 4 is 17.6 Å². The molecular formula is C14H16N4O4. The number of nitrogens with one attached hydrogen (secondary N) is 1. The van der Waals surface area contributed by atoms with Gasteiger partial charge in [-0.05, 0) is 19.1 Å². The Kier molecular flexibility index (Phi) is 4.84. The molecule has 116 valence electrons. The van der Waals surface area contributed by atoms with Crippen LogP contribution in [0.3, 0.4) is 0 Å². The second kappa shape index (κ2) is 6.81. The predicted octanol–water partition coefficient (Wildman–Crippen LogP) is 1.07. The molecule has 0 aliphatic carbocycles. The van der Waals surface area contributed by atoms with E-state index in [1.807, 2.05) is 19.1 Å². The number of aromatic nitrogens is 3. The summed E-state index contributed by atoms with van der Waals surface area (Å²) in [6, 6.07) is 7.33. The van der Waals surface area contributed by atoms with Crippen LogP contribution in [0.2, 0.25) is 0 Å². The number of carbonyl (C=O) groups is 2. The number of rotatable bonds is 6. The van der Waals surface area contributed by atoms with Crippen LogP contribution in [0.4, 0.5) is 5.69 Å². The molecule has 8 nitrogen and oxygen atoms in total. The fraction of sp³-hybridized carbons (Fsp3) is 0.286. The molecule has 0 saturated heterocycles. The molecule has 0 radical (unpaired) electrons. The van der Waals surface area contributed by atoms with Gasteiger partial charge in [-0.3, -0.25) is 4.79 Å². The number of carboxylic acids is 1. The molecule has 2 rings (SSSR count). The first kappa shape index (κ1) is 15.6. The van der Waals surface area contributed by atoms with E-state index in [0.717, 1.165) is 5.56 Å². The highest BCUT2D eigenvalue weighted by Crippen LogP contribution is 2.10. The van der Waals surface area contributed by atoms with E-state index in [0.29, 0.717) is 5.69 Å². The van der Waals surface area contributed by atoms with Crippen molar-refractivity contribution in [2.45, 2.75) is 20.1 Å². The van der Waals surface area contributed by atoms with E-state index in [1.165, 1.54) is 11.8 Å². The summed E-state index contributed by atoms with van der Waals surface area (Å²) in [5, 5.41) is 19.0. The highest BCUT2D eigenvalue weighted by Gasteiger charge is 2.20. The van der Waals surface area contributed by atoms with Gasteiger partial charge in [-0.15, -0.1) is 5.10 Å². The van der Waals surface area contributed by atoms with Crippen molar-refractivity contribution in [3.8, 4) is 0 Å². The van der Waals surface area contributed by atoms with Crippen molar-refractivity contribution in [2.24, 2.45) is 0 Å². The molecule has 0 spiro atoms. The van der Waals surface area contributed by atoms with Crippen molar-refractivity contribution in [1.82, 2.24) is 15.0 Å². The average molecular weight is 304 g/mol. The first-order chi connectivity index (χ1) is 10.5. The normalized spacial score (nSPS) is 10.5. The third-order valence-corrected chi connectivity index (χ3v) is 2.95. The minimum atomic E-state index is -1.21. The Morgan fingerprint density at radius 2 is 2.00 bits per heavy atom. The lowest BCUT2D eigenvalue weighted by Gasteiger charge is -2.08. The molecule has 1 aromatic carbocycles. The van der Waals surface area contributed by atoms with E-state index in [1.54, 1.807) is 12.1 Å². The number of aromatic carboxylic acids is 1. The van der Waals surface area contributed by atoms with Gasteiger partial charge in [-0.2, -0.15) is 0 Å². The maximum Gasteiger partial charge on any atom is 0.358 e. The first-order valence-electron chi connectivity index (χ1n) is 6.52. The number of hydrogen-bond acceptors (Lipinski definition) is 5. The summed E-state index contributed by atoms with van der Waals surface area (Å²) in [6.45, 7) is 1.81. The maximum atomic E-state index is 12.0. The largest absolute Gasteiger partial charge is 0.476 e. The molecule has 22 heavy (non-hydrogen) atoms. The monoisotopic (exact) mass is 304 g/mol. The number of carbonyl (C=O) groups excluding carboxylic acids is 1. The standard InChI is InChI=1S/C14H16N4O4/c1-9-3-5-10(6-4-9)15-12(19)7-18-11(8-22-2)13(14(20)21)16-17-18/h3-6H,7-8H2,1-2H3,(H,15,19)(H,20,21). The molecule has 1 heterocycles. The third-order valence-electron chi connectivity index (χ3n) is 2.95. The Hall–Kier alpha value is -2.74. The molecule has 0 unspecified atom stereocenters. The summed E-state index contributed by atoms with van der Waals surface area (Å²) in [4.78, 5) is 23.1. The SMILES string of the molecule is COCc1c(C(=O)O)nnn1CC(=O)Nc1ccc(C)cc1. The highest BCUT2D eigenvalue weighted by molar-refractivity contribution is 5.91. The fourth-order valence-corrected chi connectivity index (χ4v) is 1.88. The van der Waals surface area contributed by atoms with E-state index in [4.69, 9.17) is 9.84 Å². The van der Waals surface area contributed by atoms with Crippen LogP contribution < -0.4 is 5.32 Å². The van der Waals surface area contributed by atoms with E-state index < -0.39 is 5.97 Å². The van der Waals surface area contributed by atoms with Crippen molar-refractivity contribution in [3.05, 3.63) is 41.2 Å². The van der Waals surface area contributed by atoms with Crippen LogP contribution in [-0.2, 0) is 22.7 Å². The molecule has 0 aliphatic rings. The summed E-state index contributed by atoms with van der Waals surface area (Å²) in [5.41, 5.74) is 1.77. The lowest BCUT2D eigenvalue weighted by atomic mass is 10.2. The molecule has 2 N–H and O–H groups in total. The van der Waals surface area contributed by atoms with Crippen LogP contribution in [0.5, 0.6) is 0 Å². The molecular weight excluding hydrogens is 288 g/mol. The second-order valence-corrected chi connectivity index (χ2v) is 4.69. The van der Waals surface area contributed by atoms with Crippen LogP contribution in [0.1, 0.15) is 21.7 Å². The number of amides is 1. The van der Waals surface area contributed by atoms with Gasteiger partial charge in [0.1, 0.15) is 6.54 Å². The van der Waals surface area contributed by atoms with E-state index in [9.17, 15) is 9.59 Å². The predicted molar refractivity (Wildman–Crippen MR) is 77.5 cm³/mol. The number of anilines is 1. The minimum absolute atomic E-state index is 0.00639. The molecule has 0 atom stereocenters. The number of ether oxygens (including phenoxy) is 1. The number of hydrogen-bond donors (Lipinski definition) is 2. The van der Waals surface area contributed by atoms with Gasteiger partial charge in [-0.1, -0.05) is 22.9 Å². The van der Waals surface area contributed by atoms with Gasteiger partial charge >= 0.3 is 5.97 Å².